The van der Waals surface area contributed by atoms with Gasteiger partial charge >= 0.3 is 5.69 Å². The smallest absolute Gasteiger partial charge is 0.319 e. The number of halogens is 1. The molecule has 0 radical (unpaired) electrons. The number of carbonyl (C=O) groups is 1. The Balaban J connectivity index is 1.98. The van der Waals surface area contributed by atoms with Crippen LogP contribution in [0.4, 0.5) is 5.69 Å². The Morgan fingerprint density at radius 3 is 2.68 bits per heavy atom. The Labute approximate surface area is 113 Å². The number of imidazole rings is 1. The number of H-pyrrole nitrogens is 3. The van der Waals surface area contributed by atoms with Gasteiger partial charge in [-0.05, 0) is 28.1 Å². The number of rotatable bonds is 2. The zero-order chi connectivity index (χ0) is 13.4. The summed E-state index contributed by atoms with van der Waals surface area (Å²) >= 11 is 3.32. The Kier molecular flexibility index (Phi) is 2.67. The molecule has 1 amide bonds. The minimum absolute atomic E-state index is 0.176. The number of amides is 1. The van der Waals surface area contributed by atoms with Crippen LogP contribution in [0.5, 0.6) is 0 Å². The van der Waals surface area contributed by atoms with Gasteiger partial charge < -0.3 is 15.3 Å². The number of anilines is 1. The van der Waals surface area contributed by atoms with Crippen molar-refractivity contribution < 1.29 is 4.79 Å². The van der Waals surface area contributed by atoms with Gasteiger partial charge in [0, 0.05) is 4.47 Å². The fourth-order valence-electron chi connectivity index (χ4n) is 1.65. The van der Waals surface area contributed by atoms with E-state index >= 15 is 0 Å². The summed E-state index contributed by atoms with van der Waals surface area (Å²) in [6.07, 6.45) is 1.32. The molecule has 1 aromatic carbocycles. The molecule has 2 heterocycles. The summed E-state index contributed by atoms with van der Waals surface area (Å²) < 4.78 is 0.645. The van der Waals surface area contributed by atoms with E-state index in [1.165, 1.54) is 6.20 Å². The molecule has 3 rings (SSSR count). The van der Waals surface area contributed by atoms with Crippen LogP contribution in [0, 0.1) is 0 Å². The second kappa shape index (κ2) is 4.35. The zero-order valence-electron chi connectivity index (χ0n) is 9.32. The van der Waals surface area contributed by atoms with Gasteiger partial charge in [0.25, 0.3) is 5.91 Å². The van der Waals surface area contributed by atoms with E-state index in [0.29, 0.717) is 21.2 Å². The van der Waals surface area contributed by atoms with Crippen LogP contribution in [0.2, 0.25) is 0 Å². The van der Waals surface area contributed by atoms with E-state index in [9.17, 15) is 9.59 Å². The van der Waals surface area contributed by atoms with Crippen molar-refractivity contribution in [2.75, 3.05) is 5.32 Å². The minimum atomic E-state index is -0.397. The van der Waals surface area contributed by atoms with Crippen molar-refractivity contribution in [3.63, 3.8) is 0 Å². The Hall–Kier alpha value is -2.42. The molecule has 8 nitrogen and oxygen atoms in total. The van der Waals surface area contributed by atoms with Gasteiger partial charge in [0.2, 0.25) is 0 Å². The molecule has 0 aliphatic heterocycles. The Morgan fingerprint density at radius 2 is 2.00 bits per heavy atom. The molecular weight excluding hydrogens is 316 g/mol. The molecule has 0 unspecified atom stereocenters. The molecule has 0 saturated carbocycles. The van der Waals surface area contributed by atoms with Crippen LogP contribution >= 0.6 is 15.9 Å². The number of fused-ring (bicyclic) bond motifs is 1. The predicted octanol–water partition coefficient (Wildman–Crippen LogP) is 0.989. The van der Waals surface area contributed by atoms with Gasteiger partial charge in [0.05, 0.1) is 22.9 Å². The van der Waals surface area contributed by atoms with Crippen LogP contribution in [-0.4, -0.2) is 31.3 Å². The molecule has 0 saturated heterocycles. The molecule has 0 atom stereocenters. The molecule has 0 bridgehead atoms. The highest BCUT2D eigenvalue weighted by Crippen LogP contribution is 2.26. The summed E-state index contributed by atoms with van der Waals surface area (Å²) in [5, 5.41) is 12.3. The van der Waals surface area contributed by atoms with E-state index in [0.717, 1.165) is 0 Å². The van der Waals surface area contributed by atoms with Crippen LogP contribution in [0.25, 0.3) is 11.0 Å². The summed E-state index contributed by atoms with van der Waals surface area (Å²) in [6, 6.07) is 3.35. The fraction of sp³-hybridized carbons (Fsp3) is 0. The van der Waals surface area contributed by atoms with Crippen LogP contribution < -0.4 is 11.0 Å². The van der Waals surface area contributed by atoms with Gasteiger partial charge in [-0.2, -0.15) is 15.4 Å². The quantitative estimate of drug-likeness (QED) is 0.562. The third kappa shape index (κ3) is 2.15. The molecule has 0 aliphatic carbocycles. The van der Waals surface area contributed by atoms with E-state index in [1.807, 2.05) is 0 Å². The molecular formula is C10H7BrN6O2. The van der Waals surface area contributed by atoms with E-state index < -0.39 is 5.91 Å². The van der Waals surface area contributed by atoms with E-state index in [-0.39, 0.29) is 11.4 Å². The number of aromatic nitrogens is 5. The lowest BCUT2D eigenvalue weighted by atomic mass is 10.2. The van der Waals surface area contributed by atoms with Crippen molar-refractivity contribution in [2.24, 2.45) is 0 Å². The normalized spacial score (nSPS) is 10.8. The van der Waals surface area contributed by atoms with Crippen molar-refractivity contribution >= 4 is 38.6 Å². The lowest BCUT2D eigenvalue weighted by molar-refractivity contribution is 0.102. The minimum Gasteiger partial charge on any atom is -0.319 e. The Bertz CT molecular complexity index is 803. The third-order valence-electron chi connectivity index (χ3n) is 2.50. The van der Waals surface area contributed by atoms with Gasteiger partial charge in [-0.15, -0.1) is 0 Å². The van der Waals surface area contributed by atoms with E-state index in [1.54, 1.807) is 12.1 Å². The second-order valence-corrected chi connectivity index (χ2v) is 4.62. The van der Waals surface area contributed by atoms with Gasteiger partial charge in [0.1, 0.15) is 0 Å². The van der Waals surface area contributed by atoms with Crippen molar-refractivity contribution in [2.45, 2.75) is 0 Å². The number of benzene rings is 1. The third-order valence-corrected chi connectivity index (χ3v) is 3.16. The maximum atomic E-state index is 11.8. The molecule has 96 valence electrons. The number of hydrogen-bond donors (Lipinski definition) is 4. The summed E-state index contributed by atoms with van der Waals surface area (Å²) in [5.74, 6) is -0.397. The van der Waals surface area contributed by atoms with Crippen LogP contribution in [0.3, 0.4) is 0 Å². The molecule has 9 heteroatoms. The molecule has 2 aromatic heterocycles. The number of nitrogens with one attached hydrogen (secondary N) is 4. The first-order valence-electron chi connectivity index (χ1n) is 5.22. The maximum absolute atomic E-state index is 11.8. The SMILES string of the molecule is O=C(Nc1cc2[nH]c(=O)[nH]c2cc1Br)c1cn[nH]n1. The second-order valence-electron chi connectivity index (χ2n) is 3.77. The topological polar surface area (TPSA) is 119 Å². The highest BCUT2D eigenvalue weighted by molar-refractivity contribution is 9.10. The molecule has 0 fully saturated rings. The summed E-state index contributed by atoms with van der Waals surface area (Å²) in [4.78, 5) is 28.3. The highest BCUT2D eigenvalue weighted by atomic mass is 79.9. The van der Waals surface area contributed by atoms with Gasteiger partial charge in [-0.25, -0.2) is 4.79 Å². The lowest BCUT2D eigenvalue weighted by Crippen LogP contribution is -2.12. The fourth-order valence-corrected chi connectivity index (χ4v) is 2.09. The average Bonchev–Trinajstić information content (AvgIpc) is 2.97. The molecule has 0 spiro atoms. The first kappa shape index (κ1) is 11.7. The zero-order valence-corrected chi connectivity index (χ0v) is 10.9. The van der Waals surface area contributed by atoms with Crippen molar-refractivity contribution in [1.29, 1.82) is 0 Å². The first-order valence-corrected chi connectivity index (χ1v) is 6.01. The van der Waals surface area contributed by atoms with Crippen molar-refractivity contribution in [1.82, 2.24) is 25.4 Å². The van der Waals surface area contributed by atoms with Gasteiger partial charge in [-0.3, -0.25) is 4.79 Å². The summed E-state index contributed by atoms with van der Waals surface area (Å²) in [6.45, 7) is 0. The largest absolute Gasteiger partial charge is 0.323 e. The van der Waals surface area contributed by atoms with Crippen LogP contribution in [-0.2, 0) is 0 Å². The number of hydrogen-bond acceptors (Lipinski definition) is 4. The number of carbonyl (C=O) groups excluding carboxylic acids is 1. The number of nitrogens with zero attached hydrogens (tertiary/aromatic N) is 2. The standard InChI is InChI=1S/C10H7BrN6O2/c11-4-1-6-7(15-10(19)14-6)2-5(4)13-9(18)8-3-12-17-16-8/h1-3H,(H,13,18)(H,12,16,17)(H2,14,15,19). The van der Waals surface area contributed by atoms with Crippen molar-refractivity contribution in [3.8, 4) is 0 Å². The van der Waals surface area contributed by atoms with E-state index in [4.69, 9.17) is 0 Å². The summed E-state index contributed by atoms with van der Waals surface area (Å²) in [5.41, 5.74) is 1.65. The Morgan fingerprint density at radius 1 is 1.26 bits per heavy atom. The lowest BCUT2D eigenvalue weighted by Gasteiger charge is -2.05. The van der Waals surface area contributed by atoms with E-state index in [2.05, 4.69) is 46.6 Å². The van der Waals surface area contributed by atoms with Crippen LogP contribution in [0.1, 0.15) is 10.5 Å². The molecule has 3 aromatic rings. The van der Waals surface area contributed by atoms with Crippen molar-refractivity contribution in [3.05, 3.63) is 39.0 Å². The molecule has 19 heavy (non-hydrogen) atoms. The summed E-state index contributed by atoms with van der Waals surface area (Å²) in [7, 11) is 0. The highest BCUT2D eigenvalue weighted by Gasteiger charge is 2.12. The molecule has 4 N–H and O–H groups in total. The molecule has 0 aliphatic rings. The average molecular weight is 323 g/mol. The van der Waals surface area contributed by atoms with Crippen LogP contribution in [0.15, 0.2) is 27.6 Å². The number of aromatic amines is 3. The predicted molar refractivity (Wildman–Crippen MR) is 71.0 cm³/mol. The van der Waals surface area contributed by atoms with Gasteiger partial charge in [-0.1, -0.05) is 0 Å². The monoisotopic (exact) mass is 322 g/mol. The van der Waals surface area contributed by atoms with Gasteiger partial charge in [0.15, 0.2) is 5.69 Å². The first-order chi connectivity index (χ1) is 9.13. The maximum Gasteiger partial charge on any atom is 0.323 e.